The third-order valence-corrected chi connectivity index (χ3v) is 5.42. The van der Waals surface area contributed by atoms with Crippen LogP contribution in [0.1, 0.15) is 17.5 Å². The molecule has 0 saturated carbocycles. The van der Waals surface area contributed by atoms with Crippen molar-refractivity contribution in [3.63, 3.8) is 0 Å². The molecule has 0 bridgehead atoms. The van der Waals surface area contributed by atoms with E-state index in [1.807, 2.05) is 78.6 Å². The van der Waals surface area contributed by atoms with Gasteiger partial charge in [-0.05, 0) is 49.2 Å². The molecule has 0 aromatic heterocycles. The van der Waals surface area contributed by atoms with Crippen molar-refractivity contribution in [1.29, 1.82) is 0 Å². The summed E-state index contributed by atoms with van der Waals surface area (Å²) in [5, 5.41) is 3.27. The lowest BCUT2D eigenvalue weighted by Crippen LogP contribution is -2.46. The molecule has 1 saturated heterocycles. The summed E-state index contributed by atoms with van der Waals surface area (Å²) in [6.07, 6.45) is 1.22. The molecule has 7 heteroatoms. The van der Waals surface area contributed by atoms with Gasteiger partial charge in [0.25, 0.3) is 5.91 Å². The number of amides is 2. The molecule has 0 aliphatic carbocycles. The van der Waals surface area contributed by atoms with Crippen LogP contribution in [0.3, 0.4) is 0 Å². The minimum atomic E-state index is -0.462. The molecule has 1 aliphatic rings. The van der Waals surface area contributed by atoms with Gasteiger partial charge in [0.05, 0.1) is 0 Å². The molecule has 3 N–H and O–H groups in total. The molecular formula is C28H33N3O4. The zero-order valence-electron chi connectivity index (χ0n) is 20.1. The van der Waals surface area contributed by atoms with Crippen LogP contribution in [0.15, 0.2) is 78.9 Å². The van der Waals surface area contributed by atoms with E-state index < -0.39 is 5.91 Å². The first-order chi connectivity index (χ1) is 17.0. The lowest BCUT2D eigenvalue weighted by Gasteiger charge is -2.27. The second kappa shape index (κ2) is 13.8. The number of carbonyl (C=O) groups is 2. The number of primary amides is 1. The van der Waals surface area contributed by atoms with Crippen molar-refractivity contribution in [3.05, 3.63) is 90.0 Å². The predicted octanol–water partition coefficient (Wildman–Crippen LogP) is 3.70. The Morgan fingerprint density at radius 2 is 1.54 bits per heavy atom. The Morgan fingerprint density at radius 1 is 0.886 bits per heavy atom. The van der Waals surface area contributed by atoms with E-state index >= 15 is 0 Å². The van der Waals surface area contributed by atoms with Crippen molar-refractivity contribution in [1.82, 2.24) is 10.2 Å². The number of nitrogens with zero attached hydrogens (tertiary/aromatic N) is 1. The van der Waals surface area contributed by atoms with E-state index in [0.29, 0.717) is 18.6 Å². The number of hydrogen-bond acceptors (Lipinski definition) is 5. The number of nitrogens with two attached hydrogens (primary N) is 1. The highest BCUT2D eigenvalue weighted by Gasteiger charge is 2.16. The molecule has 0 radical (unpaired) electrons. The van der Waals surface area contributed by atoms with Gasteiger partial charge >= 0.3 is 0 Å². The van der Waals surface area contributed by atoms with E-state index in [4.69, 9.17) is 15.2 Å². The maximum Gasteiger partial charge on any atom is 0.255 e. The second-order valence-electron chi connectivity index (χ2n) is 8.22. The van der Waals surface area contributed by atoms with E-state index in [9.17, 15) is 9.59 Å². The van der Waals surface area contributed by atoms with Crippen LogP contribution < -0.4 is 20.5 Å². The van der Waals surface area contributed by atoms with Crippen LogP contribution in [0.25, 0.3) is 0 Å². The summed E-state index contributed by atoms with van der Waals surface area (Å²) in [5.74, 6) is 2.07. The first-order valence-electron chi connectivity index (χ1n) is 11.8. The average Bonchev–Trinajstić information content (AvgIpc) is 2.89. The van der Waals surface area contributed by atoms with Gasteiger partial charge in [0, 0.05) is 32.6 Å². The van der Waals surface area contributed by atoms with Crippen molar-refractivity contribution in [2.45, 2.75) is 19.8 Å². The number of carbonyl (C=O) groups excluding carboxylic acids is 2. The summed E-state index contributed by atoms with van der Waals surface area (Å²) in [6, 6.07) is 25.1. The van der Waals surface area contributed by atoms with Crippen LogP contribution in [0, 0.1) is 6.92 Å². The zero-order chi connectivity index (χ0) is 24.9. The van der Waals surface area contributed by atoms with Crippen molar-refractivity contribution in [3.8, 4) is 17.2 Å². The zero-order valence-corrected chi connectivity index (χ0v) is 20.1. The third-order valence-electron chi connectivity index (χ3n) is 5.42. The Balaban J connectivity index is 0.000000241. The number of piperazine rings is 1. The molecule has 7 nitrogen and oxygen atoms in total. The molecule has 184 valence electrons. The Labute approximate surface area is 206 Å². The highest BCUT2D eigenvalue weighted by Crippen LogP contribution is 2.26. The fourth-order valence-corrected chi connectivity index (χ4v) is 3.53. The van der Waals surface area contributed by atoms with E-state index in [0.717, 1.165) is 48.8 Å². The Morgan fingerprint density at radius 3 is 2.23 bits per heavy atom. The van der Waals surface area contributed by atoms with Gasteiger partial charge in [-0.3, -0.25) is 9.59 Å². The number of aryl methyl sites for hydroxylation is 2. The fourth-order valence-electron chi connectivity index (χ4n) is 3.53. The van der Waals surface area contributed by atoms with E-state index in [1.54, 1.807) is 12.1 Å². The van der Waals surface area contributed by atoms with Gasteiger partial charge in [-0.25, -0.2) is 0 Å². The van der Waals surface area contributed by atoms with Gasteiger partial charge in [0.15, 0.2) is 6.61 Å². The van der Waals surface area contributed by atoms with Gasteiger partial charge in [-0.2, -0.15) is 0 Å². The van der Waals surface area contributed by atoms with Crippen molar-refractivity contribution >= 4 is 11.8 Å². The quantitative estimate of drug-likeness (QED) is 0.518. The first kappa shape index (κ1) is 25.8. The van der Waals surface area contributed by atoms with Gasteiger partial charge in [-0.1, -0.05) is 54.1 Å². The SMILES string of the molecule is Cc1ccc(OCC(N)=O)cc1.O=C(CCc1ccccc1Oc1ccccc1)N1CCNCC1. The number of nitrogens with one attached hydrogen (secondary N) is 1. The van der Waals surface area contributed by atoms with Crippen molar-refractivity contribution < 1.29 is 19.1 Å². The summed E-state index contributed by atoms with van der Waals surface area (Å²) in [5.41, 5.74) is 7.13. The number of para-hydroxylation sites is 2. The molecule has 3 aromatic carbocycles. The fraction of sp³-hybridized carbons (Fsp3) is 0.286. The monoisotopic (exact) mass is 475 g/mol. The molecule has 3 aromatic rings. The number of benzene rings is 3. The second-order valence-corrected chi connectivity index (χ2v) is 8.22. The molecule has 0 atom stereocenters. The molecule has 1 aliphatic heterocycles. The minimum absolute atomic E-state index is 0.0664. The first-order valence-corrected chi connectivity index (χ1v) is 11.8. The molecule has 2 amide bonds. The predicted molar refractivity (Wildman–Crippen MR) is 137 cm³/mol. The highest BCUT2D eigenvalue weighted by molar-refractivity contribution is 5.76. The lowest BCUT2D eigenvalue weighted by atomic mass is 10.1. The van der Waals surface area contributed by atoms with Crippen LogP contribution >= 0.6 is 0 Å². The molecule has 0 spiro atoms. The van der Waals surface area contributed by atoms with Crippen molar-refractivity contribution in [2.24, 2.45) is 5.73 Å². The van der Waals surface area contributed by atoms with Crippen LogP contribution in [-0.2, 0) is 16.0 Å². The van der Waals surface area contributed by atoms with Crippen LogP contribution in [-0.4, -0.2) is 49.5 Å². The standard InChI is InChI=1S/C19H22N2O2.C9H11NO2/c22-19(21-14-12-20-13-15-21)11-10-16-6-4-5-9-18(16)23-17-7-2-1-3-8-17;1-7-2-4-8(5-3-7)12-6-9(10)11/h1-9,20H,10-15H2;2-5H,6H2,1H3,(H2,10,11). The summed E-state index contributed by atoms with van der Waals surface area (Å²) >= 11 is 0. The molecule has 1 fully saturated rings. The Kier molecular flexibility index (Phi) is 10.1. The number of ether oxygens (including phenoxy) is 2. The summed E-state index contributed by atoms with van der Waals surface area (Å²) < 4.78 is 11.0. The van der Waals surface area contributed by atoms with Crippen LogP contribution in [0.4, 0.5) is 0 Å². The van der Waals surface area contributed by atoms with Gasteiger partial charge in [0.2, 0.25) is 5.91 Å². The molecule has 1 heterocycles. The Bertz CT molecular complexity index is 1070. The smallest absolute Gasteiger partial charge is 0.255 e. The third kappa shape index (κ3) is 9.14. The van der Waals surface area contributed by atoms with Gasteiger partial charge < -0.3 is 25.4 Å². The summed E-state index contributed by atoms with van der Waals surface area (Å²) in [6.45, 7) is 5.31. The van der Waals surface area contributed by atoms with Crippen molar-refractivity contribution in [2.75, 3.05) is 32.8 Å². The maximum atomic E-state index is 12.3. The van der Waals surface area contributed by atoms with Gasteiger partial charge in [0.1, 0.15) is 17.2 Å². The largest absolute Gasteiger partial charge is 0.484 e. The molecular weight excluding hydrogens is 442 g/mol. The maximum absolute atomic E-state index is 12.3. The van der Waals surface area contributed by atoms with E-state index in [-0.39, 0.29) is 12.5 Å². The topological polar surface area (TPSA) is 93.9 Å². The summed E-state index contributed by atoms with van der Waals surface area (Å²) in [7, 11) is 0. The van der Waals surface area contributed by atoms with E-state index in [1.165, 1.54) is 0 Å². The molecule has 35 heavy (non-hydrogen) atoms. The normalized spacial score (nSPS) is 12.8. The lowest BCUT2D eigenvalue weighted by molar-refractivity contribution is -0.131. The number of hydrogen-bond donors (Lipinski definition) is 2. The van der Waals surface area contributed by atoms with E-state index in [2.05, 4.69) is 5.32 Å². The van der Waals surface area contributed by atoms with Crippen LogP contribution in [0.2, 0.25) is 0 Å². The average molecular weight is 476 g/mol. The van der Waals surface area contributed by atoms with Gasteiger partial charge in [-0.15, -0.1) is 0 Å². The minimum Gasteiger partial charge on any atom is -0.484 e. The number of rotatable bonds is 8. The molecule has 4 rings (SSSR count). The van der Waals surface area contributed by atoms with Crippen LogP contribution in [0.5, 0.6) is 17.2 Å². The Hall–Kier alpha value is -3.84. The highest BCUT2D eigenvalue weighted by atomic mass is 16.5. The molecule has 0 unspecified atom stereocenters. The summed E-state index contributed by atoms with van der Waals surface area (Å²) in [4.78, 5) is 24.6.